The van der Waals surface area contributed by atoms with Crippen LogP contribution in [-0.2, 0) is 25.5 Å². The first-order valence-corrected chi connectivity index (χ1v) is 7.99. The van der Waals surface area contributed by atoms with Gasteiger partial charge in [-0.15, -0.1) is 0 Å². The second kappa shape index (κ2) is 5.32. The van der Waals surface area contributed by atoms with E-state index in [9.17, 15) is 14.4 Å². The van der Waals surface area contributed by atoms with Crippen molar-refractivity contribution in [2.75, 3.05) is 0 Å². The van der Waals surface area contributed by atoms with Gasteiger partial charge in [-0.2, -0.15) is 5.01 Å². The van der Waals surface area contributed by atoms with Crippen molar-refractivity contribution in [2.24, 2.45) is 11.8 Å². The van der Waals surface area contributed by atoms with Crippen molar-refractivity contribution in [3.05, 3.63) is 34.9 Å². The fourth-order valence-electron chi connectivity index (χ4n) is 3.77. The van der Waals surface area contributed by atoms with E-state index in [-0.39, 0.29) is 30.4 Å². The molecule has 7 heteroatoms. The Morgan fingerprint density at radius 2 is 1.70 bits per heavy atom. The maximum absolute atomic E-state index is 12.4. The van der Waals surface area contributed by atoms with Gasteiger partial charge in [0.1, 0.15) is 0 Å². The first-order chi connectivity index (χ1) is 11.0. The summed E-state index contributed by atoms with van der Waals surface area (Å²) in [4.78, 5) is 36.9. The minimum absolute atomic E-state index is 0.0763. The molecular formula is C16H15ClN2O4. The summed E-state index contributed by atoms with van der Waals surface area (Å²) in [6.07, 6.45) is 1.32. The molecule has 6 nitrogen and oxygen atoms in total. The first-order valence-electron chi connectivity index (χ1n) is 7.62. The number of benzene rings is 1. The third-order valence-electron chi connectivity index (χ3n) is 4.80. The number of halogens is 1. The molecule has 0 aromatic heterocycles. The maximum atomic E-state index is 12.4. The van der Waals surface area contributed by atoms with Crippen LogP contribution < -0.4 is 5.43 Å². The molecule has 3 aliphatic rings. The quantitative estimate of drug-likeness (QED) is 0.839. The lowest BCUT2D eigenvalue weighted by atomic mass is 9.81. The molecule has 2 bridgehead atoms. The molecule has 4 atom stereocenters. The van der Waals surface area contributed by atoms with E-state index in [1.54, 1.807) is 24.3 Å². The van der Waals surface area contributed by atoms with Gasteiger partial charge in [-0.3, -0.25) is 19.8 Å². The van der Waals surface area contributed by atoms with Gasteiger partial charge in [-0.05, 0) is 30.5 Å². The Morgan fingerprint density at radius 1 is 1.13 bits per heavy atom. The normalized spacial score (nSPS) is 31.6. The predicted octanol–water partition coefficient (Wildman–Crippen LogP) is 1.08. The summed E-state index contributed by atoms with van der Waals surface area (Å²) in [7, 11) is 0. The Morgan fingerprint density at radius 3 is 2.26 bits per heavy atom. The summed E-state index contributed by atoms with van der Waals surface area (Å²) in [5, 5.41) is 1.48. The molecule has 0 spiro atoms. The Kier molecular flexibility index (Phi) is 3.39. The number of fused-ring (bicyclic) bond motifs is 5. The molecule has 1 aromatic carbocycles. The summed E-state index contributed by atoms with van der Waals surface area (Å²) < 4.78 is 5.65. The molecule has 3 heterocycles. The number of ether oxygens (including phenoxy) is 1. The number of carbonyl (C=O) groups excluding carboxylic acids is 3. The SMILES string of the molecule is O=C(Cc1ccc(Cl)cc1)NN1C(=O)[C@@H]2[C@H](C1=O)[C@@H]1CC[C@@H]2O1. The smallest absolute Gasteiger partial charge is 0.254 e. The van der Waals surface area contributed by atoms with Gasteiger partial charge in [0.15, 0.2) is 0 Å². The maximum Gasteiger partial charge on any atom is 0.254 e. The highest BCUT2D eigenvalue weighted by molar-refractivity contribution is 6.30. The second-order valence-corrected chi connectivity index (χ2v) is 6.63. The molecule has 3 fully saturated rings. The van der Waals surface area contributed by atoms with Crippen LogP contribution in [0.1, 0.15) is 18.4 Å². The molecule has 0 saturated carbocycles. The summed E-state index contributed by atoms with van der Waals surface area (Å²) in [6.45, 7) is 0. The number of hydrogen-bond donors (Lipinski definition) is 1. The molecule has 3 amide bonds. The van der Waals surface area contributed by atoms with Crippen LogP contribution in [0.25, 0.3) is 0 Å². The van der Waals surface area contributed by atoms with Gasteiger partial charge in [0.2, 0.25) is 5.91 Å². The summed E-state index contributed by atoms with van der Waals surface area (Å²) in [6, 6.07) is 6.85. The molecule has 4 rings (SSSR count). The highest BCUT2D eigenvalue weighted by atomic mass is 35.5. The molecular weight excluding hydrogens is 320 g/mol. The van der Waals surface area contributed by atoms with Crippen molar-refractivity contribution in [2.45, 2.75) is 31.5 Å². The zero-order chi connectivity index (χ0) is 16.1. The van der Waals surface area contributed by atoms with Crippen LogP contribution in [0.5, 0.6) is 0 Å². The number of carbonyl (C=O) groups is 3. The van der Waals surface area contributed by atoms with Crippen LogP contribution in [0, 0.1) is 11.8 Å². The fourth-order valence-corrected chi connectivity index (χ4v) is 3.90. The summed E-state index contributed by atoms with van der Waals surface area (Å²) in [5.41, 5.74) is 3.20. The first kappa shape index (κ1) is 14.7. The minimum Gasteiger partial charge on any atom is -0.373 e. The number of hydrogen-bond acceptors (Lipinski definition) is 4. The van der Waals surface area contributed by atoms with Crippen LogP contribution >= 0.6 is 11.6 Å². The average Bonchev–Trinajstić information content (AvgIpc) is 3.19. The standard InChI is InChI=1S/C16H15ClN2O4/c17-9-3-1-8(2-4-9)7-12(20)18-19-15(21)13-10-5-6-11(23-10)14(13)16(19)22/h1-4,10-11,13-14H,5-7H2,(H,18,20)/t10-,11-,13-,14+/m0/s1. The monoisotopic (exact) mass is 334 g/mol. The molecule has 3 saturated heterocycles. The van der Waals surface area contributed by atoms with E-state index in [0.29, 0.717) is 5.02 Å². The van der Waals surface area contributed by atoms with Gasteiger partial charge in [0.25, 0.3) is 11.8 Å². The van der Waals surface area contributed by atoms with E-state index in [1.807, 2.05) is 0 Å². The van der Waals surface area contributed by atoms with E-state index in [2.05, 4.69) is 5.43 Å². The Hall–Kier alpha value is -1.92. The Labute approximate surface area is 137 Å². The lowest BCUT2D eigenvalue weighted by Gasteiger charge is -2.18. The van der Waals surface area contributed by atoms with E-state index in [0.717, 1.165) is 23.4 Å². The molecule has 0 aliphatic carbocycles. The molecule has 1 aromatic rings. The fraction of sp³-hybridized carbons (Fsp3) is 0.438. The van der Waals surface area contributed by atoms with Crippen molar-refractivity contribution in [3.63, 3.8) is 0 Å². The number of amides is 3. The molecule has 120 valence electrons. The highest BCUT2D eigenvalue weighted by Crippen LogP contribution is 2.47. The van der Waals surface area contributed by atoms with Crippen LogP contribution in [0.2, 0.25) is 5.02 Å². The van der Waals surface area contributed by atoms with Crippen LogP contribution in [0.15, 0.2) is 24.3 Å². The molecule has 0 unspecified atom stereocenters. The number of imide groups is 1. The van der Waals surface area contributed by atoms with Crippen molar-refractivity contribution < 1.29 is 19.1 Å². The van der Waals surface area contributed by atoms with Crippen molar-refractivity contribution in [3.8, 4) is 0 Å². The lowest BCUT2D eigenvalue weighted by molar-refractivity contribution is -0.151. The van der Waals surface area contributed by atoms with E-state index < -0.39 is 17.7 Å². The highest BCUT2D eigenvalue weighted by Gasteiger charge is 2.62. The van der Waals surface area contributed by atoms with E-state index >= 15 is 0 Å². The molecule has 3 aliphatic heterocycles. The molecule has 1 N–H and O–H groups in total. The van der Waals surface area contributed by atoms with Crippen molar-refractivity contribution >= 4 is 29.3 Å². The van der Waals surface area contributed by atoms with E-state index in [4.69, 9.17) is 16.3 Å². The summed E-state index contributed by atoms with van der Waals surface area (Å²) >= 11 is 5.80. The summed E-state index contributed by atoms with van der Waals surface area (Å²) in [5.74, 6) is -1.97. The molecule has 0 radical (unpaired) electrons. The largest absolute Gasteiger partial charge is 0.373 e. The lowest BCUT2D eigenvalue weighted by Crippen LogP contribution is -2.48. The second-order valence-electron chi connectivity index (χ2n) is 6.19. The zero-order valence-electron chi connectivity index (χ0n) is 12.2. The third kappa shape index (κ3) is 2.33. The van der Waals surface area contributed by atoms with Gasteiger partial charge >= 0.3 is 0 Å². The van der Waals surface area contributed by atoms with Gasteiger partial charge in [0, 0.05) is 5.02 Å². The van der Waals surface area contributed by atoms with Crippen molar-refractivity contribution in [1.82, 2.24) is 10.4 Å². The Bertz CT molecular complexity index is 662. The predicted molar refractivity (Wildman–Crippen MR) is 80.0 cm³/mol. The van der Waals surface area contributed by atoms with Gasteiger partial charge in [-0.25, -0.2) is 0 Å². The van der Waals surface area contributed by atoms with Gasteiger partial charge in [-0.1, -0.05) is 23.7 Å². The number of rotatable bonds is 3. The number of nitrogens with zero attached hydrogens (tertiary/aromatic N) is 1. The topological polar surface area (TPSA) is 75.7 Å². The average molecular weight is 335 g/mol. The van der Waals surface area contributed by atoms with Crippen LogP contribution in [0.3, 0.4) is 0 Å². The Balaban J connectivity index is 1.44. The van der Waals surface area contributed by atoms with Gasteiger partial charge < -0.3 is 4.74 Å². The third-order valence-corrected chi connectivity index (χ3v) is 5.05. The number of hydrazine groups is 1. The number of nitrogens with one attached hydrogen (secondary N) is 1. The minimum atomic E-state index is -0.433. The van der Waals surface area contributed by atoms with E-state index in [1.165, 1.54) is 0 Å². The van der Waals surface area contributed by atoms with Crippen molar-refractivity contribution in [1.29, 1.82) is 0 Å². The molecule has 23 heavy (non-hydrogen) atoms. The van der Waals surface area contributed by atoms with Crippen LogP contribution in [0.4, 0.5) is 0 Å². The van der Waals surface area contributed by atoms with Crippen LogP contribution in [-0.4, -0.2) is 34.9 Å². The van der Waals surface area contributed by atoms with Gasteiger partial charge in [0.05, 0.1) is 30.5 Å². The zero-order valence-corrected chi connectivity index (χ0v) is 13.0.